The summed E-state index contributed by atoms with van der Waals surface area (Å²) in [6.45, 7) is 4.67. The number of hydrogen-bond acceptors (Lipinski definition) is 1. The molecule has 0 saturated carbocycles. The van der Waals surface area contributed by atoms with Crippen molar-refractivity contribution in [1.82, 2.24) is 0 Å². The predicted octanol–water partition coefficient (Wildman–Crippen LogP) is 2.59. The quantitative estimate of drug-likeness (QED) is 0.568. The normalized spacial score (nSPS) is 13.5. The van der Waals surface area contributed by atoms with Crippen molar-refractivity contribution in [2.75, 3.05) is 6.61 Å². The van der Waals surface area contributed by atoms with Gasteiger partial charge in [0.2, 0.25) is 0 Å². The zero-order valence-electron chi connectivity index (χ0n) is 7.27. The maximum atomic E-state index is 8.69. The third-order valence-electron chi connectivity index (χ3n) is 1.86. The molecule has 0 aromatic heterocycles. The van der Waals surface area contributed by atoms with Crippen LogP contribution in [-0.2, 0) is 0 Å². The van der Waals surface area contributed by atoms with Gasteiger partial charge in [0.15, 0.2) is 0 Å². The van der Waals surface area contributed by atoms with Crippen LogP contribution in [-0.4, -0.2) is 11.7 Å². The smallest absolute Gasteiger partial charge is 0.0456 e. The van der Waals surface area contributed by atoms with Gasteiger partial charge >= 0.3 is 0 Å². The van der Waals surface area contributed by atoms with Crippen LogP contribution >= 0.6 is 0 Å². The van der Waals surface area contributed by atoms with Gasteiger partial charge in [-0.25, -0.2) is 0 Å². The Labute approximate surface area is 64.5 Å². The Balaban J connectivity index is 2.89. The fraction of sp³-hybridized carbons (Fsp3) is 1.00. The Morgan fingerprint density at radius 3 is 2.40 bits per heavy atom. The molecule has 0 saturated heterocycles. The molecule has 0 heterocycles. The van der Waals surface area contributed by atoms with Crippen LogP contribution in [0.3, 0.4) is 0 Å². The van der Waals surface area contributed by atoms with Crippen molar-refractivity contribution >= 4 is 0 Å². The molecule has 0 aromatic carbocycles. The molecule has 1 nitrogen and oxygen atoms in total. The highest BCUT2D eigenvalue weighted by atomic mass is 16.3. The van der Waals surface area contributed by atoms with E-state index >= 15 is 0 Å². The molecule has 10 heavy (non-hydrogen) atoms. The highest BCUT2D eigenvalue weighted by Gasteiger charge is 1.97. The number of unbranched alkanes of at least 4 members (excludes halogenated alkanes) is 3. The Bertz CT molecular complexity index is 61.7. The lowest BCUT2D eigenvalue weighted by Crippen LogP contribution is -1.99. The molecule has 0 aliphatic carbocycles. The van der Waals surface area contributed by atoms with Gasteiger partial charge in [-0.05, 0) is 12.3 Å². The van der Waals surface area contributed by atoms with Gasteiger partial charge in [0.1, 0.15) is 0 Å². The van der Waals surface area contributed by atoms with E-state index in [-0.39, 0.29) is 0 Å². The fourth-order valence-corrected chi connectivity index (χ4v) is 1.01. The Hall–Kier alpha value is -0.0400. The van der Waals surface area contributed by atoms with Crippen molar-refractivity contribution < 1.29 is 5.11 Å². The molecular formula is C9H20O. The SMILES string of the molecule is CCCCCC[C@H](C)CO. The average molecular weight is 144 g/mol. The van der Waals surface area contributed by atoms with E-state index in [4.69, 9.17) is 5.11 Å². The van der Waals surface area contributed by atoms with Crippen molar-refractivity contribution in [2.24, 2.45) is 5.92 Å². The van der Waals surface area contributed by atoms with Crippen molar-refractivity contribution in [2.45, 2.75) is 46.0 Å². The minimum Gasteiger partial charge on any atom is -0.396 e. The summed E-state index contributed by atoms with van der Waals surface area (Å²) < 4.78 is 0. The van der Waals surface area contributed by atoms with Gasteiger partial charge in [-0.15, -0.1) is 0 Å². The summed E-state index contributed by atoms with van der Waals surface area (Å²) in [5.41, 5.74) is 0. The lowest BCUT2D eigenvalue weighted by Gasteiger charge is -2.05. The number of hydrogen-bond donors (Lipinski definition) is 1. The summed E-state index contributed by atoms with van der Waals surface area (Å²) in [6, 6.07) is 0. The van der Waals surface area contributed by atoms with E-state index in [0.717, 1.165) is 0 Å². The van der Waals surface area contributed by atoms with Crippen LogP contribution in [0.1, 0.15) is 46.0 Å². The number of rotatable bonds is 6. The monoisotopic (exact) mass is 144 g/mol. The van der Waals surface area contributed by atoms with E-state index in [9.17, 15) is 0 Å². The number of aliphatic hydroxyl groups is 1. The van der Waals surface area contributed by atoms with Gasteiger partial charge in [0.25, 0.3) is 0 Å². The van der Waals surface area contributed by atoms with Gasteiger partial charge in [0, 0.05) is 6.61 Å². The van der Waals surface area contributed by atoms with E-state index in [1.165, 1.54) is 32.1 Å². The first kappa shape index (κ1) is 9.96. The Kier molecular flexibility index (Phi) is 7.04. The molecule has 1 atom stereocenters. The summed E-state index contributed by atoms with van der Waals surface area (Å²) in [4.78, 5) is 0. The third kappa shape index (κ3) is 6.09. The molecular weight excluding hydrogens is 124 g/mol. The second kappa shape index (κ2) is 7.07. The maximum absolute atomic E-state index is 8.69. The molecule has 0 aromatic rings. The third-order valence-corrected chi connectivity index (χ3v) is 1.86. The lowest BCUT2D eigenvalue weighted by molar-refractivity contribution is 0.227. The molecule has 0 radical (unpaired) electrons. The minimum absolute atomic E-state index is 0.353. The summed E-state index contributed by atoms with van der Waals surface area (Å²) >= 11 is 0. The molecule has 1 heteroatoms. The highest BCUT2D eigenvalue weighted by molar-refractivity contribution is 4.50. The van der Waals surface area contributed by atoms with E-state index in [1.807, 2.05) is 0 Å². The fourth-order valence-electron chi connectivity index (χ4n) is 1.01. The zero-order valence-corrected chi connectivity index (χ0v) is 7.27. The van der Waals surface area contributed by atoms with Gasteiger partial charge < -0.3 is 5.11 Å². The van der Waals surface area contributed by atoms with Crippen molar-refractivity contribution in [3.8, 4) is 0 Å². The van der Waals surface area contributed by atoms with Gasteiger partial charge in [-0.1, -0.05) is 39.5 Å². The van der Waals surface area contributed by atoms with E-state index in [1.54, 1.807) is 0 Å². The molecule has 0 aliphatic rings. The molecule has 0 spiro atoms. The number of aliphatic hydroxyl groups excluding tert-OH is 1. The van der Waals surface area contributed by atoms with E-state index in [0.29, 0.717) is 12.5 Å². The van der Waals surface area contributed by atoms with Crippen LogP contribution in [0.15, 0.2) is 0 Å². The topological polar surface area (TPSA) is 20.2 Å². The van der Waals surface area contributed by atoms with Crippen LogP contribution in [0.4, 0.5) is 0 Å². The lowest BCUT2D eigenvalue weighted by atomic mass is 10.0. The van der Waals surface area contributed by atoms with Crippen molar-refractivity contribution in [3.05, 3.63) is 0 Å². The van der Waals surface area contributed by atoms with Gasteiger partial charge in [-0.3, -0.25) is 0 Å². The summed E-state index contributed by atoms with van der Waals surface area (Å²) in [6.07, 6.45) is 6.46. The first-order valence-corrected chi connectivity index (χ1v) is 4.42. The molecule has 1 N–H and O–H groups in total. The first-order chi connectivity index (χ1) is 4.81. The summed E-state index contributed by atoms with van der Waals surface area (Å²) in [7, 11) is 0. The maximum Gasteiger partial charge on any atom is 0.0456 e. The molecule has 0 unspecified atom stereocenters. The second-order valence-corrected chi connectivity index (χ2v) is 3.14. The van der Waals surface area contributed by atoms with E-state index < -0.39 is 0 Å². The Morgan fingerprint density at radius 2 is 1.90 bits per heavy atom. The molecule has 0 fully saturated rings. The molecule has 0 aliphatic heterocycles. The molecule has 62 valence electrons. The standard InChI is InChI=1S/C9H20O/c1-3-4-5-6-7-9(2)8-10/h9-10H,3-8H2,1-2H3/t9-/m0/s1. The van der Waals surface area contributed by atoms with Crippen LogP contribution in [0.25, 0.3) is 0 Å². The summed E-state index contributed by atoms with van der Waals surface area (Å²) in [5.74, 6) is 0.511. The predicted molar refractivity (Wildman–Crippen MR) is 45.0 cm³/mol. The van der Waals surface area contributed by atoms with Crippen molar-refractivity contribution in [1.29, 1.82) is 0 Å². The second-order valence-electron chi connectivity index (χ2n) is 3.14. The van der Waals surface area contributed by atoms with Crippen LogP contribution in [0.5, 0.6) is 0 Å². The zero-order chi connectivity index (χ0) is 7.82. The molecule has 0 rings (SSSR count). The van der Waals surface area contributed by atoms with E-state index in [2.05, 4.69) is 13.8 Å². The largest absolute Gasteiger partial charge is 0.396 e. The average Bonchev–Trinajstić information content (AvgIpc) is 1.98. The Morgan fingerprint density at radius 1 is 1.20 bits per heavy atom. The van der Waals surface area contributed by atoms with Crippen LogP contribution in [0, 0.1) is 5.92 Å². The van der Waals surface area contributed by atoms with Crippen LogP contribution < -0.4 is 0 Å². The highest BCUT2D eigenvalue weighted by Crippen LogP contribution is 2.08. The van der Waals surface area contributed by atoms with Crippen LogP contribution in [0.2, 0.25) is 0 Å². The van der Waals surface area contributed by atoms with Gasteiger partial charge in [-0.2, -0.15) is 0 Å². The molecule has 0 amide bonds. The summed E-state index contributed by atoms with van der Waals surface area (Å²) in [5, 5.41) is 8.69. The molecule has 0 bridgehead atoms. The minimum atomic E-state index is 0.353. The van der Waals surface area contributed by atoms with Crippen molar-refractivity contribution in [3.63, 3.8) is 0 Å². The van der Waals surface area contributed by atoms with Gasteiger partial charge in [0.05, 0.1) is 0 Å². The first-order valence-electron chi connectivity index (χ1n) is 4.42.